The van der Waals surface area contributed by atoms with Crippen molar-refractivity contribution in [2.45, 2.75) is 259 Å². The van der Waals surface area contributed by atoms with Gasteiger partial charge in [0.2, 0.25) is 0 Å². The zero-order valence-electron chi connectivity index (χ0n) is 52.9. The second-order valence-electron chi connectivity index (χ2n) is 26.4. The standard InChI is InChI=1S/C56H96N18O24/c57-7-23-35(77)39(81)29(65)51(87-23)93-45-19(63)5-17(61)33(75)49(45)97-55-43(85)47(95-53-31(67)41(83)37(79)25(9-59)89-53)27(91-55)13-73-11-21(69-71-73)15-2-1-3-16(4-15)22-12-74(72-70-22)14-28-48(96-54-32(68)42(84)38(80)26(10-60)90-54)44(86)56(92-28)98-50-34(76)18(62)6-20(64)46(50)94-52-30(66)40(82)36(78)24(8-58)88-52/h1-4,11-12,17-20,23-56,75-86H,5-10,13-14,57-68H2/t17-,18-,19?,20?,23?,24?,25+,26+,27-,28-,29?,30?,31?,32?,33?,34?,35?,36?,37?,38?,39-,40-,41?,42?,43?,44?,45?,46?,47?,48?,49-,50-,51-,52-,53-,54-,55+,56+/m1/s1. The molecule has 3 aromatic rings. The molecule has 2 saturated carbocycles. The van der Waals surface area contributed by atoms with E-state index in [2.05, 4.69) is 20.6 Å². The maximum atomic E-state index is 12.1. The molecule has 6 saturated heterocycles. The molecule has 8 heterocycles. The van der Waals surface area contributed by atoms with E-state index in [0.29, 0.717) is 22.5 Å². The molecule has 8 fully saturated rings. The van der Waals surface area contributed by atoms with Gasteiger partial charge in [-0.25, -0.2) is 9.36 Å². The second-order valence-corrected chi connectivity index (χ2v) is 26.4. The van der Waals surface area contributed by atoms with E-state index in [0.717, 1.165) is 0 Å². The van der Waals surface area contributed by atoms with E-state index in [4.69, 9.17) is 126 Å². The van der Waals surface area contributed by atoms with Gasteiger partial charge in [-0.2, -0.15) is 0 Å². The average Bonchev–Trinajstić information content (AvgIpc) is 1.49. The number of rotatable bonds is 22. The normalized spacial score (nSPS) is 48.0. The highest BCUT2D eigenvalue weighted by Crippen LogP contribution is 2.39. The molecule has 42 heteroatoms. The third-order valence-electron chi connectivity index (χ3n) is 19.6. The van der Waals surface area contributed by atoms with Crippen LogP contribution in [-0.2, 0) is 69.9 Å². The van der Waals surface area contributed by atoms with E-state index in [1.807, 2.05) is 0 Å². The Morgan fingerprint density at radius 3 is 0.939 bits per heavy atom. The highest BCUT2D eigenvalue weighted by molar-refractivity contribution is 5.68. The molecule has 98 heavy (non-hydrogen) atoms. The molecule has 2 aromatic heterocycles. The first-order chi connectivity index (χ1) is 46.6. The van der Waals surface area contributed by atoms with E-state index in [1.54, 1.807) is 36.7 Å². The van der Waals surface area contributed by atoms with Crippen LogP contribution in [0, 0.1) is 0 Å². The summed E-state index contributed by atoms with van der Waals surface area (Å²) in [6, 6.07) is -2.42. The van der Waals surface area contributed by atoms with Crippen LogP contribution >= 0.6 is 0 Å². The maximum Gasteiger partial charge on any atom is 0.187 e. The highest BCUT2D eigenvalue weighted by atomic mass is 16.8. The first kappa shape index (κ1) is 75.2. The number of benzene rings is 1. The number of nitrogens with two attached hydrogens (primary N) is 12. The minimum absolute atomic E-state index is 0.00230. The van der Waals surface area contributed by atoms with Gasteiger partial charge in [-0.1, -0.05) is 28.6 Å². The Kier molecular flexibility index (Phi) is 24.2. The number of aliphatic hydroxyl groups excluding tert-OH is 12. The lowest BCUT2D eigenvalue weighted by Gasteiger charge is -2.47. The number of ether oxygens (including phenoxy) is 12. The molecule has 11 rings (SSSR count). The summed E-state index contributed by atoms with van der Waals surface area (Å²) in [5.74, 6) is 0. The Balaban J connectivity index is 0.815. The third-order valence-corrected chi connectivity index (χ3v) is 19.6. The molecule has 0 bridgehead atoms. The molecular formula is C56H96N18O24. The molecule has 0 amide bonds. The number of aromatic nitrogens is 6. The molecule has 0 spiro atoms. The van der Waals surface area contributed by atoms with Gasteiger partial charge in [-0.15, -0.1) is 10.2 Å². The van der Waals surface area contributed by atoms with Crippen LogP contribution in [0.15, 0.2) is 36.7 Å². The fourth-order valence-corrected chi connectivity index (χ4v) is 13.7. The lowest BCUT2D eigenvalue weighted by molar-refractivity contribution is -0.306. The Hall–Kier alpha value is -3.94. The van der Waals surface area contributed by atoms with Crippen molar-refractivity contribution in [3.05, 3.63) is 36.7 Å². The number of hydrogen-bond donors (Lipinski definition) is 24. The van der Waals surface area contributed by atoms with E-state index >= 15 is 0 Å². The van der Waals surface area contributed by atoms with Gasteiger partial charge >= 0.3 is 0 Å². The third kappa shape index (κ3) is 15.2. The van der Waals surface area contributed by atoms with Gasteiger partial charge in [0.05, 0.1) is 61.9 Å². The molecular weight excluding hydrogens is 1310 g/mol. The van der Waals surface area contributed by atoms with Crippen LogP contribution < -0.4 is 68.8 Å². The fraction of sp³-hybridized carbons (Fsp3) is 0.821. The largest absolute Gasteiger partial charge is 0.389 e. The average molecular weight is 1410 g/mol. The quantitative estimate of drug-likeness (QED) is 0.0444. The number of nitrogens with zero attached hydrogens (tertiary/aromatic N) is 6. The Morgan fingerprint density at radius 2 is 0.633 bits per heavy atom. The zero-order chi connectivity index (χ0) is 70.6. The van der Waals surface area contributed by atoms with Gasteiger partial charge in [0.25, 0.3) is 0 Å². The summed E-state index contributed by atoms with van der Waals surface area (Å²) >= 11 is 0. The van der Waals surface area contributed by atoms with Crippen LogP contribution in [0.2, 0.25) is 0 Å². The van der Waals surface area contributed by atoms with Crippen molar-refractivity contribution in [1.29, 1.82) is 0 Å². The smallest absolute Gasteiger partial charge is 0.187 e. The molecule has 38 atom stereocenters. The molecule has 8 aliphatic rings. The van der Waals surface area contributed by atoms with Crippen molar-refractivity contribution in [1.82, 2.24) is 30.0 Å². The molecule has 1 aromatic carbocycles. The topological polar surface area (TPSA) is 727 Å². The summed E-state index contributed by atoms with van der Waals surface area (Å²) < 4.78 is 76.7. The van der Waals surface area contributed by atoms with E-state index in [9.17, 15) is 61.3 Å². The Bertz CT molecular complexity index is 2850. The molecule has 554 valence electrons. The predicted molar refractivity (Wildman–Crippen MR) is 327 cm³/mol. The van der Waals surface area contributed by atoms with Crippen LogP contribution in [-0.4, -0.2) is 350 Å². The monoisotopic (exact) mass is 1400 g/mol. The maximum absolute atomic E-state index is 12.1. The fourth-order valence-electron chi connectivity index (χ4n) is 13.7. The SMILES string of the molecule is NCC1O[C@H](OC2C(N)C[C@@H](N)C(O)[C@H]2O[C@@H]2O[C@H](Cn3cc(-c4cccc(-c5cn(C[C@H]6O[C@@H](O[C@H]7C(O[C@H]8OC(CN)C(O)[C@H](O)C8N)C(N)C[C@@H](N)C7O)C(O)C6O[C@H]6O[C@@H](CN)C(O)C(O)C6N)nn5)c4)nn3)C(O[C@H]3O[C@@H](CN)C(O)C(O)C3N)C2O)C(N)[C@@H](O)C1O. The molecule has 42 nitrogen and oxygen atoms in total. The van der Waals surface area contributed by atoms with Crippen LogP contribution in [0.1, 0.15) is 12.8 Å². The lowest BCUT2D eigenvalue weighted by Crippen LogP contribution is -2.68. The van der Waals surface area contributed by atoms with Crippen molar-refractivity contribution in [2.24, 2.45) is 68.8 Å². The van der Waals surface area contributed by atoms with Crippen molar-refractivity contribution in [3.8, 4) is 22.5 Å². The summed E-state index contributed by atoms with van der Waals surface area (Å²) in [5.41, 5.74) is 76.0. The van der Waals surface area contributed by atoms with E-state index < -0.39 is 233 Å². The van der Waals surface area contributed by atoms with Gasteiger partial charge in [0.1, 0.15) is 146 Å². The first-order valence-electron chi connectivity index (χ1n) is 32.4. The summed E-state index contributed by atoms with van der Waals surface area (Å²) in [6.07, 6.45) is -40.2. The summed E-state index contributed by atoms with van der Waals surface area (Å²) in [6.45, 7) is -1.43. The minimum Gasteiger partial charge on any atom is -0.389 e. The van der Waals surface area contributed by atoms with Crippen molar-refractivity contribution < 1.29 is 118 Å². The van der Waals surface area contributed by atoms with Crippen LogP contribution in [0.5, 0.6) is 0 Å². The van der Waals surface area contributed by atoms with Crippen molar-refractivity contribution in [3.63, 3.8) is 0 Å². The van der Waals surface area contributed by atoms with Crippen LogP contribution in [0.3, 0.4) is 0 Å². The molecule has 2 aliphatic carbocycles. The van der Waals surface area contributed by atoms with Gasteiger partial charge in [-0.3, -0.25) is 0 Å². The Morgan fingerprint density at radius 1 is 0.347 bits per heavy atom. The summed E-state index contributed by atoms with van der Waals surface area (Å²) in [5, 5.41) is 151. The lowest BCUT2D eigenvalue weighted by atomic mass is 9.84. The van der Waals surface area contributed by atoms with E-state index in [-0.39, 0.29) is 52.1 Å². The summed E-state index contributed by atoms with van der Waals surface area (Å²) in [7, 11) is 0. The molecule has 22 unspecified atom stereocenters. The van der Waals surface area contributed by atoms with Crippen molar-refractivity contribution in [2.75, 3.05) is 26.2 Å². The van der Waals surface area contributed by atoms with Gasteiger partial charge in [0.15, 0.2) is 37.7 Å². The first-order valence-corrected chi connectivity index (χ1v) is 32.4. The number of hydrogen-bond acceptors (Lipinski definition) is 40. The van der Waals surface area contributed by atoms with Gasteiger partial charge in [-0.05, 0) is 18.9 Å². The molecule has 6 aliphatic heterocycles. The number of aliphatic hydroxyl groups is 12. The Labute approximate surface area is 559 Å². The second kappa shape index (κ2) is 31.6. The minimum atomic E-state index is -1.75. The summed E-state index contributed by atoms with van der Waals surface area (Å²) in [4.78, 5) is 0. The van der Waals surface area contributed by atoms with Crippen LogP contribution in [0.4, 0.5) is 0 Å². The molecule has 36 N–H and O–H groups in total. The van der Waals surface area contributed by atoms with Crippen LogP contribution in [0.25, 0.3) is 22.5 Å². The zero-order valence-corrected chi connectivity index (χ0v) is 52.9. The van der Waals surface area contributed by atoms with Gasteiger partial charge in [0, 0.05) is 61.5 Å². The van der Waals surface area contributed by atoms with E-state index in [1.165, 1.54) is 9.36 Å². The van der Waals surface area contributed by atoms with Crippen molar-refractivity contribution >= 4 is 0 Å². The predicted octanol–water partition coefficient (Wildman–Crippen LogP) is -15.5. The highest BCUT2D eigenvalue weighted by Gasteiger charge is 2.58. The van der Waals surface area contributed by atoms with Gasteiger partial charge < -0.3 is 187 Å². The molecule has 0 radical (unpaired) electrons.